The fraction of sp³-hybridized carbons (Fsp3) is 0.941. The van der Waals surface area contributed by atoms with E-state index in [0.29, 0.717) is 13.1 Å². The van der Waals surface area contributed by atoms with Crippen molar-refractivity contribution in [3.05, 3.63) is 0 Å². The summed E-state index contributed by atoms with van der Waals surface area (Å²) in [6.07, 6.45) is 8.08. The van der Waals surface area contributed by atoms with E-state index in [1.54, 1.807) is 11.4 Å². The molecule has 0 saturated carbocycles. The number of nitrogens with one attached hydrogen (secondary N) is 2. The predicted molar refractivity (Wildman–Crippen MR) is 117 cm³/mol. The summed E-state index contributed by atoms with van der Waals surface area (Å²) < 4.78 is 25.2. The van der Waals surface area contributed by atoms with Gasteiger partial charge in [0.05, 0.1) is 6.26 Å². The van der Waals surface area contributed by atoms with Gasteiger partial charge < -0.3 is 10.6 Å². The highest BCUT2D eigenvalue weighted by Gasteiger charge is 2.31. The molecule has 1 rings (SSSR count). The van der Waals surface area contributed by atoms with Gasteiger partial charge in [-0.05, 0) is 24.7 Å². The lowest BCUT2D eigenvalue weighted by molar-refractivity contribution is 0.318. The van der Waals surface area contributed by atoms with E-state index in [2.05, 4.69) is 36.4 Å². The summed E-state index contributed by atoms with van der Waals surface area (Å²) in [7, 11) is -1.37. The predicted octanol–water partition coefficient (Wildman–Crippen LogP) is 2.80. The van der Waals surface area contributed by atoms with Gasteiger partial charge in [0, 0.05) is 32.7 Å². The Morgan fingerprint density at radius 2 is 1.96 bits per heavy atom. The molecule has 1 fully saturated rings. The summed E-state index contributed by atoms with van der Waals surface area (Å²) in [5, 5.41) is 6.67. The van der Waals surface area contributed by atoms with Crippen LogP contribution in [0.15, 0.2) is 4.99 Å². The Morgan fingerprint density at radius 3 is 2.52 bits per heavy atom. The third-order valence-corrected chi connectivity index (χ3v) is 6.00. The molecule has 2 N–H and O–H groups in total. The zero-order valence-corrected chi connectivity index (χ0v) is 19.6. The zero-order chi connectivity index (χ0) is 18.2. The van der Waals surface area contributed by atoms with Crippen molar-refractivity contribution < 1.29 is 8.42 Å². The molecule has 0 radical (unpaired) electrons. The maximum absolute atomic E-state index is 11.8. The van der Waals surface area contributed by atoms with Crippen molar-refractivity contribution in [3.8, 4) is 0 Å². The van der Waals surface area contributed by atoms with Crippen LogP contribution in [-0.4, -0.2) is 57.7 Å². The monoisotopic (exact) mass is 488 g/mol. The van der Waals surface area contributed by atoms with Crippen molar-refractivity contribution in [1.82, 2.24) is 14.9 Å². The first-order valence-corrected chi connectivity index (χ1v) is 11.0. The van der Waals surface area contributed by atoms with E-state index in [-0.39, 0.29) is 35.4 Å². The highest BCUT2D eigenvalue weighted by Crippen LogP contribution is 2.22. The number of halogens is 1. The van der Waals surface area contributed by atoms with Gasteiger partial charge in [0.25, 0.3) is 0 Å². The van der Waals surface area contributed by atoms with Crippen LogP contribution < -0.4 is 10.6 Å². The maximum Gasteiger partial charge on any atom is 0.211 e. The van der Waals surface area contributed by atoms with Crippen molar-refractivity contribution in [2.24, 2.45) is 10.4 Å². The SMILES string of the molecule is CCCCCC(C)(C)CNC(=NC)NC[C@H]1CCCN1S(C)(=O)=O.I. The van der Waals surface area contributed by atoms with Crippen LogP contribution >= 0.6 is 24.0 Å². The molecule has 1 heterocycles. The number of rotatable bonds is 9. The van der Waals surface area contributed by atoms with Gasteiger partial charge in [-0.3, -0.25) is 4.99 Å². The van der Waals surface area contributed by atoms with Gasteiger partial charge in [-0.2, -0.15) is 4.31 Å². The van der Waals surface area contributed by atoms with Crippen LogP contribution in [0.3, 0.4) is 0 Å². The summed E-state index contributed by atoms with van der Waals surface area (Å²) in [4.78, 5) is 4.26. The molecule has 1 aliphatic heterocycles. The van der Waals surface area contributed by atoms with E-state index < -0.39 is 10.0 Å². The van der Waals surface area contributed by atoms with Crippen molar-refractivity contribution in [3.63, 3.8) is 0 Å². The van der Waals surface area contributed by atoms with Gasteiger partial charge in [-0.25, -0.2) is 8.42 Å². The molecule has 0 unspecified atom stereocenters. The van der Waals surface area contributed by atoms with E-state index in [1.165, 1.54) is 31.9 Å². The molecule has 0 amide bonds. The van der Waals surface area contributed by atoms with Crippen molar-refractivity contribution >= 4 is 40.0 Å². The lowest BCUT2D eigenvalue weighted by Gasteiger charge is -2.27. The van der Waals surface area contributed by atoms with E-state index >= 15 is 0 Å². The van der Waals surface area contributed by atoms with Gasteiger partial charge in [-0.1, -0.05) is 40.0 Å². The highest BCUT2D eigenvalue weighted by atomic mass is 127. The number of guanidine groups is 1. The van der Waals surface area contributed by atoms with Crippen LogP contribution in [0, 0.1) is 5.41 Å². The maximum atomic E-state index is 11.8. The molecule has 25 heavy (non-hydrogen) atoms. The minimum Gasteiger partial charge on any atom is -0.356 e. The molecule has 1 aliphatic rings. The fourth-order valence-electron chi connectivity index (χ4n) is 3.15. The number of sulfonamides is 1. The summed E-state index contributed by atoms with van der Waals surface area (Å²) in [6.45, 7) is 8.85. The third kappa shape index (κ3) is 9.42. The van der Waals surface area contributed by atoms with E-state index in [1.807, 2.05) is 0 Å². The summed E-state index contributed by atoms with van der Waals surface area (Å²) in [5.74, 6) is 0.749. The number of nitrogens with zero attached hydrogens (tertiary/aromatic N) is 2. The van der Waals surface area contributed by atoms with Crippen LogP contribution in [0.4, 0.5) is 0 Å². The normalized spacial score (nSPS) is 19.6. The van der Waals surface area contributed by atoms with Gasteiger partial charge in [-0.15, -0.1) is 24.0 Å². The Bertz CT molecular complexity index is 509. The largest absolute Gasteiger partial charge is 0.356 e. The quantitative estimate of drug-likeness (QED) is 0.227. The van der Waals surface area contributed by atoms with Gasteiger partial charge in [0.1, 0.15) is 0 Å². The van der Waals surface area contributed by atoms with Crippen molar-refractivity contribution in [1.29, 1.82) is 0 Å². The van der Waals surface area contributed by atoms with Crippen LogP contribution in [0.5, 0.6) is 0 Å². The smallest absolute Gasteiger partial charge is 0.211 e. The lowest BCUT2D eigenvalue weighted by Crippen LogP contribution is -2.47. The fourth-order valence-corrected chi connectivity index (χ4v) is 4.33. The summed E-state index contributed by atoms with van der Waals surface area (Å²) in [5.41, 5.74) is 0.221. The molecule has 0 spiro atoms. The minimum atomic E-state index is -3.12. The molecule has 0 aliphatic carbocycles. The van der Waals surface area contributed by atoms with E-state index in [4.69, 9.17) is 0 Å². The molecule has 1 saturated heterocycles. The molecule has 0 bridgehead atoms. The van der Waals surface area contributed by atoms with Gasteiger partial charge in [0.15, 0.2) is 5.96 Å². The molecule has 0 aromatic heterocycles. The Morgan fingerprint density at radius 1 is 1.28 bits per heavy atom. The Labute approximate surface area is 171 Å². The van der Waals surface area contributed by atoms with E-state index in [0.717, 1.165) is 25.3 Å². The molecule has 1 atom stereocenters. The van der Waals surface area contributed by atoms with Crippen LogP contribution in [-0.2, 0) is 10.0 Å². The summed E-state index contributed by atoms with van der Waals surface area (Å²) >= 11 is 0. The topological polar surface area (TPSA) is 73.8 Å². The van der Waals surface area contributed by atoms with Gasteiger partial charge >= 0.3 is 0 Å². The third-order valence-electron chi connectivity index (χ3n) is 4.67. The standard InChI is InChI=1S/C17H36N4O2S.HI/c1-6-7-8-11-17(2,3)14-20-16(18-4)19-13-15-10-9-12-21(15)24(5,22)23;/h15H,6-14H2,1-5H3,(H2,18,19,20);1H/t15-;/m1./s1. The van der Waals surface area contributed by atoms with Crippen LogP contribution in [0.25, 0.3) is 0 Å². The van der Waals surface area contributed by atoms with Crippen molar-refractivity contribution in [2.75, 3.05) is 32.9 Å². The minimum absolute atomic E-state index is 0. The molecule has 6 nitrogen and oxygen atoms in total. The number of unbranched alkanes of at least 4 members (excludes halogenated alkanes) is 2. The molecule has 150 valence electrons. The second-order valence-electron chi connectivity index (χ2n) is 7.60. The molecule has 0 aromatic carbocycles. The average molecular weight is 488 g/mol. The van der Waals surface area contributed by atoms with Crippen LogP contribution in [0.1, 0.15) is 59.3 Å². The molecule has 8 heteroatoms. The average Bonchev–Trinajstić information content (AvgIpc) is 2.96. The second-order valence-corrected chi connectivity index (χ2v) is 9.53. The van der Waals surface area contributed by atoms with Crippen LogP contribution in [0.2, 0.25) is 0 Å². The molecule has 0 aromatic rings. The first-order valence-electron chi connectivity index (χ1n) is 9.11. The Kier molecular flexibility index (Phi) is 11.5. The number of hydrogen-bond donors (Lipinski definition) is 2. The first kappa shape index (κ1) is 24.9. The Balaban J connectivity index is 0.00000576. The second kappa shape index (κ2) is 11.6. The Hall–Kier alpha value is -0.0900. The summed E-state index contributed by atoms with van der Waals surface area (Å²) in [6, 6.07) is 0.0242. The number of aliphatic imine (C=N–C) groups is 1. The lowest BCUT2D eigenvalue weighted by atomic mass is 9.87. The van der Waals surface area contributed by atoms with Crippen molar-refractivity contribution in [2.45, 2.75) is 65.3 Å². The van der Waals surface area contributed by atoms with Gasteiger partial charge in [0.2, 0.25) is 10.0 Å². The van der Waals surface area contributed by atoms with E-state index in [9.17, 15) is 8.42 Å². The highest BCUT2D eigenvalue weighted by molar-refractivity contribution is 14.0. The molecular formula is C17H37IN4O2S. The molecular weight excluding hydrogens is 451 g/mol. The first-order chi connectivity index (χ1) is 11.2. The number of hydrogen-bond acceptors (Lipinski definition) is 3. The zero-order valence-electron chi connectivity index (χ0n) is 16.5.